The van der Waals surface area contributed by atoms with Gasteiger partial charge in [-0.2, -0.15) is 13.2 Å². The zero-order chi connectivity index (χ0) is 18.0. The number of benzene rings is 2. The molecule has 3 rings (SSSR count). The van der Waals surface area contributed by atoms with Crippen molar-refractivity contribution >= 4 is 34.5 Å². The van der Waals surface area contributed by atoms with Crippen LogP contribution in [-0.2, 0) is 6.18 Å². The van der Waals surface area contributed by atoms with Crippen LogP contribution in [0.5, 0.6) is 0 Å². The lowest BCUT2D eigenvalue weighted by molar-refractivity contribution is -0.138. The Balaban J connectivity index is 1.81. The first-order valence-corrected chi connectivity index (χ1v) is 7.99. The van der Waals surface area contributed by atoms with Crippen LogP contribution in [0.3, 0.4) is 0 Å². The minimum absolute atomic E-state index is 0.00537. The van der Waals surface area contributed by atoms with E-state index >= 15 is 0 Å². The number of anilines is 1. The van der Waals surface area contributed by atoms with Gasteiger partial charge in [0.05, 0.1) is 5.56 Å². The Morgan fingerprint density at radius 2 is 1.80 bits per heavy atom. The Hall–Kier alpha value is -2.43. The predicted octanol–water partition coefficient (Wildman–Crippen LogP) is 4.61. The van der Waals surface area contributed by atoms with Crippen LogP contribution in [0, 0.1) is 3.57 Å². The second-order valence-corrected chi connectivity index (χ2v) is 6.09. The maximum atomic E-state index is 12.9. The van der Waals surface area contributed by atoms with Gasteiger partial charge in [0.1, 0.15) is 0 Å². The van der Waals surface area contributed by atoms with E-state index in [1.165, 1.54) is 12.1 Å². The molecule has 1 amide bonds. The fourth-order valence-electron chi connectivity index (χ4n) is 2.02. The number of carbonyl (C=O) groups excluding carboxylic acids is 1. The lowest BCUT2D eigenvalue weighted by atomic mass is 10.1. The quantitative estimate of drug-likeness (QED) is 0.581. The third-order valence-electron chi connectivity index (χ3n) is 3.20. The van der Waals surface area contributed by atoms with Gasteiger partial charge in [0.25, 0.3) is 5.91 Å². The first-order valence-electron chi connectivity index (χ1n) is 6.91. The van der Waals surface area contributed by atoms with Crippen LogP contribution in [0.4, 0.5) is 19.2 Å². The molecule has 0 saturated carbocycles. The van der Waals surface area contributed by atoms with Gasteiger partial charge in [0, 0.05) is 14.7 Å². The summed E-state index contributed by atoms with van der Waals surface area (Å²) in [5, 5.41) is 9.76. The van der Waals surface area contributed by atoms with Crippen LogP contribution in [0.1, 0.15) is 15.9 Å². The highest BCUT2D eigenvalue weighted by atomic mass is 127. The fourth-order valence-corrected chi connectivity index (χ4v) is 2.67. The first kappa shape index (κ1) is 17.4. The summed E-state index contributed by atoms with van der Waals surface area (Å²) in [5.74, 6) is -0.584. The van der Waals surface area contributed by atoms with E-state index < -0.39 is 17.6 Å². The van der Waals surface area contributed by atoms with Crippen LogP contribution < -0.4 is 5.32 Å². The summed E-state index contributed by atoms with van der Waals surface area (Å²) in [7, 11) is 0. The van der Waals surface area contributed by atoms with Gasteiger partial charge in [-0.3, -0.25) is 10.1 Å². The van der Waals surface area contributed by atoms with Crippen molar-refractivity contribution in [1.82, 2.24) is 10.2 Å². The molecule has 0 spiro atoms. The van der Waals surface area contributed by atoms with E-state index in [4.69, 9.17) is 4.42 Å². The predicted molar refractivity (Wildman–Crippen MR) is 91.8 cm³/mol. The maximum Gasteiger partial charge on any atom is 0.417 e. The van der Waals surface area contributed by atoms with Crippen molar-refractivity contribution in [1.29, 1.82) is 0 Å². The first-order chi connectivity index (χ1) is 11.8. The number of rotatable bonds is 3. The molecule has 3 aromatic rings. The molecule has 5 nitrogen and oxygen atoms in total. The van der Waals surface area contributed by atoms with Crippen molar-refractivity contribution in [2.24, 2.45) is 0 Å². The SMILES string of the molecule is O=C(Nc1nnc(-c2ccccc2)o1)c1ccc(I)c(C(F)(F)F)c1. The summed E-state index contributed by atoms with van der Waals surface area (Å²) in [6.45, 7) is 0. The van der Waals surface area contributed by atoms with E-state index in [2.05, 4.69) is 15.5 Å². The van der Waals surface area contributed by atoms with Gasteiger partial charge >= 0.3 is 12.2 Å². The van der Waals surface area contributed by atoms with Crippen molar-refractivity contribution in [2.75, 3.05) is 5.32 Å². The highest BCUT2D eigenvalue weighted by molar-refractivity contribution is 14.1. The molecule has 1 N–H and O–H groups in total. The number of nitrogens with one attached hydrogen (secondary N) is 1. The number of amides is 1. The van der Waals surface area contributed by atoms with E-state index in [-0.39, 0.29) is 21.0 Å². The van der Waals surface area contributed by atoms with E-state index in [9.17, 15) is 18.0 Å². The van der Waals surface area contributed by atoms with Crippen molar-refractivity contribution in [3.8, 4) is 11.5 Å². The largest absolute Gasteiger partial charge is 0.417 e. The second kappa shape index (κ2) is 6.82. The molecule has 0 bridgehead atoms. The molecule has 0 unspecified atom stereocenters. The van der Waals surface area contributed by atoms with Gasteiger partial charge in [0.2, 0.25) is 5.89 Å². The smallest absolute Gasteiger partial charge is 0.403 e. The molecule has 0 radical (unpaired) electrons. The van der Waals surface area contributed by atoms with Crippen molar-refractivity contribution in [3.05, 3.63) is 63.2 Å². The summed E-state index contributed by atoms with van der Waals surface area (Å²) >= 11 is 1.57. The molecule has 9 heteroatoms. The van der Waals surface area contributed by atoms with Gasteiger partial charge in [-0.05, 0) is 52.9 Å². The van der Waals surface area contributed by atoms with Crippen molar-refractivity contribution in [3.63, 3.8) is 0 Å². The Labute approximate surface area is 153 Å². The van der Waals surface area contributed by atoms with Crippen LogP contribution in [-0.4, -0.2) is 16.1 Å². The Morgan fingerprint density at radius 1 is 1.08 bits per heavy atom. The van der Waals surface area contributed by atoms with Gasteiger partial charge in [-0.25, -0.2) is 0 Å². The van der Waals surface area contributed by atoms with E-state index in [0.29, 0.717) is 5.56 Å². The lowest BCUT2D eigenvalue weighted by Gasteiger charge is -2.10. The number of nitrogens with zero attached hydrogens (tertiary/aromatic N) is 2. The molecule has 0 aliphatic heterocycles. The summed E-state index contributed by atoms with van der Waals surface area (Å²) in [6, 6.07) is 12.0. The Kier molecular flexibility index (Phi) is 4.75. The number of alkyl halides is 3. The highest BCUT2D eigenvalue weighted by Gasteiger charge is 2.33. The number of aromatic nitrogens is 2. The Bertz CT molecular complexity index is 910. The number of carbonyl (C=O) groups is 1. The van der Waals surface area contributed by atoms with Crippen LogP contribution in [0.25, 0.3) is 11.5 Å². The topological polar surface area (TPSA) is 68.0 Å². The molecule has 0 aliphatic carbocycles. The molecule has 128 valence electrons. The summed E-state index contributed by atoms with van der Waals surface area (Å²) in [4.78, 5) is 12.1. The molecular weight excluding hydrogens is 450 g/mol. The van der Waals surface area contributed by atoms with E-state index in [1.807, 2.05) is 6.07 Å². The summed E-state index contributed by atoms with van der Waals surface area (Å²) in [5.41, 5.74) is -0.382. The molecule has 25 heavy (non-hydrogen) atoms. The normalized spacial score (nSPS) is 11.4. The van der Waals surface area contributed by atoms with Crippen LogP contribution in [0.15, 0.2) is 52.9 Å². The molecule has 2 aromatic carbocycles. The zero-order valence-corrected chi connectivity index (χ0v) is 14.5. The average molecular weight is 459 g/mol. The molecule has 0 atom stereocenters. The van der Waals surface area contributed by atoms with E-state index in [0.717, 1.165) is 6.07 Å². The van der Waals surface area contributed by atoms with Crippen molar-refractivity contribution < 1.29 is 22.4 Å². The molecule has 1 heterocycles. The monoisotopic (exact) mass is 459 g/mol. The van der Waals surface area contributed by atoms with Gasteiger partial charge in [-0.15, -0.1) is 5.10 Å². The lowest BCUT2D eigenvalue weighted by Crippen LogP contribution is -2.15. The third kappa shape index (κ3) is 3.98. The van der Waals surface area contributed by atoms with E-state index in [1.54, 1.807) is 46.9 Å². The molecule has 0 aliphatic rings. The number of halogens is 4. The minimum Gasteiger partial charge on any atom is -0.403 e. The fraction of sp³-hybridized carbons (Fsp3) is 0.0625. The average Bonchev–Trinajstić information content (AvgIpc) is 3.03. The second-order valence-electron chi connectivity index (χ2n) is 4.92. The third-order valence-corrected chi connectivity index (χ3v) is 4.14. The Morgan fingerprint density at radius 3 is 2.48 bits per heavy atom. The van der Waals surface area contributed by atoms with Gasteiger partial charge in [0.15, 0.2) is 0 Å². The van der Waals surface area contributed by atoms with Gasteiger partial charge in [-0.1, -0.05) is 23.3 Å². The summed E-state index contributed by atoms with van der Waals surface area (Å²) < 4.78 is 44.1. The number of hydrogen-bond acceptors (Lipinski definition) is 4. The van der Waals surface area contributed by atoms with Gasteiger partial charge < -0.3 is 4.42 Å². The minimum atomic E-state index is -4.54. The van der Waals surface area contributed by atoms with Crippen LogP contribution >= 0.6 is 22.6 Å². The standard InChI is InChI=1S/C16H9F3IN3O2/c17-16(18,19)11-8-10(6-7-12(11)20)13(24)21-15-23-22-14(25-15)9-4-2-1-3-5-9/h1-8H,(H,21,23,24). The molecule has 0 fully saturated rings. The summed E-state index contributed by atoms with van der Waals surface area (Å²) in [6.07, 6.45) is -4.54. The molecule has 1 aromatic heterocycles. The molecule has 0 saturated heterocycles. The molecular formula is C16H9F3IN3O2. The van der Waals surface area contributed by atoms with Crippen molar-refractivity contribution in [2.45, 2.75) is 6.18 Å². The zero-order valence-electron chi connectivity index (χ0n) is 12.3. The van der Waals surface area contributed by atoms with Crippen LogP contribution in [0.2, 0.25) is 0 Å². The maximum absolute atomic E-state index is 12.9. The number of hydrogen-bond donors (Lipinski definition) is 1. The highest BCUT2D eigenvalue weighted by Crippen LogP contribution is 2.33.